The van der Waals surface area contributed by atoms with Crippen molar-refractivity contribution in [1.82, 2.24) is 4.90 Å². The number of likely N-dealkylation sites (tertiary alicyclic amines) is 1. The van der Waals surface area contributed by atoms with Crippen LogP contribution in [0.1, 0.15) is 33.1 Å². The zero-order valence-corrected chi connectivity index (χ0v) is 7.56. The fourth-order valence-corrected chi connectivity index (χ4v) is 1.57. The highest BCUT2D eigenvalue weighted by Gasteiger charge is 2.16. The summed E-state index contributed by atoms with van der Waals surface area (Å²) in [6.07, 6.45) is 4.11. The molecule has 1 fully saturated rings. The van der Waals surface area contributed by atoms with Crippen LogP contribution in [0.25, 0.3) is 0 Å². The molecule has 0 spiro atoms. The largest absolute Gasteiger partial charge is 0.290 e. The second kappa shape index (κ2) is 4.41. The lowest BCUT2D eigenvalue weighted by Gasteiger charge is -2.31. The van der Waals surface area contributed by atoms with E-state index in [9.17, 15) is 0 Å². The molecule has 0 saturated carbocycles. The lowest BCUT2D eigenvalue weighted by Crippen LogP contribution is -2.37. The molecule has 62 valence electrons. The van der Waals surface area contributed by atoms with E-state index < -0.39 is 0 Å². The maximum Gasteiger partial charge on any atom is 0.0603 e. The molecule has 1 nitrogen and oxygen atoms in total. The quantitative estimate of drug-likeness (QED) is 0.517. The molecular weight excluding hydrogens is 134 g/mol. The molecule has 1 rings (SSSR count). The van der Waals surface area contributed by atoms with Gasteiger partial charge in [0, 0.05) is 6.04 Å². The van der Waals surface area contributed by atoms with E-state index >= 15 is 0 Å². The van der Waals surface area contributed by atoms with Gasteiger partial charge in [-0.25, -0.2) is 0 Å². The Kier molecular flexibility index (Phi) is 3.45. The molecular formula is C10H17N. The highest BCUT2D eigenvalue weighted by molar-refractivity contribution is 4.98. The predicted molar refractivity (Wildman–Crippen MR) is 48.3 cm³/mol. The molecule has 0 bridgehead atoms. The van der Waals surface area contributed by atoms with Gasteiger partial charge < -0.3 is 0 Å². The monoisotopic (exact) mass is 151 g/mol. The van der Waals surface area contributed by atoms with Gasteiger partial charge in [0.25, 0.3) is 0 Å². The maximum absolute atomic E-state index is 3.12. The Morgan fingerprint density at radius 2 is 2.27 bits per heavy atom. The van der Waals surface area contributed by atoms with Gasteiger partial charge in [0.1, 0.15) is 0 Å². The first kappa shape index (κ1) is 8.62. The maximum atomic E-state index is 3.12. The van der Waals surface area contributed by atoms with E-state index in [1.807, 2.05) is 6.92 Å². The zero-order chi connectivity index (χ0) is 8.10. The normalized spacial score (nSPS) is 25.8. The van der Waals surface area contributed by atoms with Crippen molar-refractivity contribution in [3.63, 3.8) is 0 Å². The number of nitrogens with zero attached hydrogens (tertiary/aromatic N) is 1. The Hall–Kier alpha value is -0.480. The van der Waals surface area contributed by atoms with Crippen LogP contribution in [0.2, 0.25) is 0 Å². The van der Waals surface area contributed by atoms with Crippen LogP contribution < -0.4 is 0 Å². The minimum Gasteiger partial charge on any atom is -0.290 e. The molecule has 11 heavy (non-hydrogen) atoms. The van der Waals surface area contributed by atoms with Crippen molar-refractivity contribution < 1.29 is 0 Å². The Morgan fingerprint density at radius 1 is 1.45 bits per heavy atom. The number of hydrogen-bond donors (Lipinski definition) is 0. The third-order valence-electron chi connectivity index (χ3n) is 2.40. The highest BCUT2D eigenvalue weighted by Crippen LogP contribution is 2.14. The van der Waals surface area contributed by atoms with Crippen molar-refractivity contribution in [3.05, 3.63) is 0 Å². The molecule has 0 aromatic heterocycles. The van der Waals surface area contributed by atoms with Gasteiger partial charge in [0.2, 0.25) is 0 Å². The van der Waals surface area contributed by atoms with Crippen LogP contribution in [-0.2, 0) is 0 Å². The number of piperidine rings is 1. The molecule has 1 atom stereocenters. The molecule has 0 radical (unpaired) electrons. The summed E-state index contributed by atoms with van der Waals surface area (Å²) in [4.78, 5) is 2.47. The summed E-state index contributed by atoms with van der Waals surface area (Å²) in [5.41, 5.74) is 0. The van der Waals surface area contributed by atoms with Crippen LogP contribution in [0.15, 0.2) is 0 Å². The molecule has 0 aliphatic carbocycles. The first-order valence-corrected chi connectivity index (χ1v) is 4.48. The van der Waals surface area contributed by atoms with Crippen LogP contribution in [-0.4, -0.2) is 24.0 Å². The van der Waals surface area contributed by atoms with Gasteiger partial charge in [-0.3, -0.25) is 4.90 Å². The minimum atomic E-state index is 0.754. The Balaban J connectivity index is 2.33. The third kappa shape index (κ3) is 2.55. The van der Waals surface area contributed by atoms with E-state index in [0.29, 0.717) is 0 Å². The van der Waals surface area contributed by atoms with Gasteiger partial charge in [-0.1, -0.05) is 12.3 Å². The Labute approximate surface area is 69.8 Å². The lowest BCUT2D eigenvalue weighted by molar-refractivity contribution is 0.182. The summed E-state index contributed by atoms with van der Waals surface area (Å²) >= 11 is 0. The van der Waals surface area contributed by atoms with Crippen LogP contribution in [0, 0.1) is 11.8 Å². The van der Waals surface area contributed by atoms with Crippen LogP contribution >= 0.6 is 0 Å². The zero-order valence-electron chi connectivity index (χ0n) is 7.56. The van der Waals surface area contributed by atoms with Gasteiger partial charge >= 0.3 is 0 Å². The fraction of sp³-hybridized carbons (Fsp3) is 0.800. The van der Waals surface area contributed by atoms with Gasteiger partial charge in [-0.15, -0.1) is 5.92 Å². The van der Waals surface area contributed by atoms with Crippen LogP contribution in [0.3, 0.4) is 0 Å². The lowest BCUT2D eigenvalue weighted by atomic mass is 10.0. The molecule has 1 heteroatoms. The summed E-state index contributed by atoms with van der Waals surface area (Å²) in [5.74, 6) is 6.07. The Bertz CT molecular complexity index is 163. The molecule has 1 heterocycles. The summed E-state index contributed by atoms with van der Waals surface area (Å²) in [6, 6.07) is 0.754. The van der Waals surface area contributed by atoms with Crippen molar-refractivity contribution in [2.24, 2.45) is 0 Å². The first-order chi connectivity index (χ1) is 5.34. The summed E-state index contributed by atoms with van der Waals surface area (Å²) in [6.45, 7) is 6.43. The van der Waals surface area contributed by atoms with Crippen molar-refractivity contribution >= 4 is 0 Å². The van der Waals surface area contributed by atoms with E-state index in [2.05, 4.69) is 23.7 Å². The average molecular weight is 151 g/mol. The first-order valence-electron chi connectivity index (χ1n) is 4.48. The van der Waals surface area contributed by atoms with Crippen molar-refractivity contribution in [3.8, 4) is 11.8 Å². The molecule has 1 aliphatic rings. The van der Waals surface area contributed by atoms with Crippen molar-refractivity contribution in [2.45, 2.75) is 39.2 Å². The van der Waals surface area contributed by atoms with E-state index in [-0.39, 0.29) is 0 Å². The summed E-state index contributed by atoms with van der Waals surface area (Å²) in [5, 5.41) is 0. The molecule has 1 saturated heterocycles. The third-order valence-corrected chi connectivity index (χ3v) is 2.40. The van der Waals surface area contributed by atoms with E-state index in [0.717, 1.165) is 12.6 Å². The molecule has 1 aliphatic heterocycles. The topological polar surface area (TPSA) is 3.24 Å². The highest BCUT2D eigenvalue weighted by atomic mass is 15.1. The van der Waals surface area contributed by atoms with Gasteiger partial charge in [-0.05, 0) is 33.2 Å². The minimum absolute atomic E-state index is 0.754. The van der Waals surface area contributed by atoms with Gasteiger partial charge in [0.15, 0.2) is 0 Å². The average Bonchev–Trinajstić information content (AvgIpc) is 2.03. The van der Waals surface area contributed by atoms with Gasteiger partial charge in [-0.2, -0.15) is 0 Å². The SMILES string of the molecule is CC#CCN1CCCC[C@@H]1C. The number of hydrogen-bond acceptors (Lipinski definition) is 1. The second-order valence-corrected chi connectivity index (χ2v) is 3.24. The van der Waals surface area contributed by atoms with Gasteiger partial charge in [0.05, 0.1) is 6.54 Å². The van der Waals surface area contributed by atoms with Crippen LogP contribution in [0.4, 0.5) is 0 Å². The molecule has 0 N–H and O–H groups in total. The molecule has 0 aromatic carbocycles. The molecule has 0 aromatic rings. The number of rotatable bonds is 1. The van der Waals surface area contributed by atoms with Crippen molar-refractivity contribution in [1.29, 1.82) is 0 Å². The smallest absolute Gasteiger partial charge is 0.0603 e. The van der Waals surface area contributed by atoms with E-state index in [4.69, 9.17) is 0 Å². The summed E-state index contributed by atoms with van der Waals surface area (Å²) < 4.78 is 0. The standard InChI is InChI=1S/C10H17N/c1-3-4-8-11-9-6-5-7-10(11)2/h10H,5-9H2,1-2H3/t10-/m0/s1. The Morgan fingerprint density at radius 3 is 2.91 bits per heavy atom. The molecule has 0 amide bonds. The van der Waals surface area contributed by atoms with Crippen LogP contribution in [0.5, 0.6) is 0 Å². The predicted octanol–water partition coefficient (Wildman–Crippen LogP) is 1.88. The van der Waals surface area contributed by atoms with E-state index in [1.165, 1.54) is 25.8 Å². The second-order valence-electron chi connectivity index (χ2n) is 3.24. The molecule has 0 unspecified atom stereocenters. The van der Waals surface area contributed by atoms with Crippen molar-refractivity contribution in [2.75, 3.05) is 13.1 Å². The van der Waals surface area contributed by atoms with E-state index in [1.54, 1.807) is 0 Å². The summed E-state index contributed by atoms with van der Waals surface area (Å²) in [7, 11) is 0. The fourth-order valence-electron chi connectivity index (χ4n) is 1.57.